The summed E-state index contributed by atoms with van der Waals surface area (Å²) in [6, 6.07) is 14.5. The van der Waals surface area contributed by atoms with E-state index in [4.69, 9.17) is 5.73 Å². The van der Waals surface area contributed by atoms with Crippen molar-refractivity contribution >= 4 is 16.7 Å². The molecule has 0 bridgehead atoms. The second-order valence-electron chi connectivity index (χ2n) is 5.51. The second-order valence-corrected chi connectivity index (χ2v) is 5.51. The van der Waals surface area contributed by atoms with Gasteiger partial charge in [-0.2, -0.15) is 0 Å². The van der Waals surface area contributed by atoms with Crippen molar-refractivity contribution in [1.29, 1.82) is 0 Å². The molecule has 0 heterocycles. The normalized spacial score (nSPS) is 12.3. The van der Waals surface area contributed by atoms with Crippen molar-refractivity contribution in [2.45, 2.75) is 31.8 Å². The molecule has 2 aromatic rings. The fraction of sp³-hybridized carbons (Fsp3) is 0.389. The van der Waals surface area contributed by atoms with Crippen LogP contribution in [0.2, 0.25) is 0 Å². The summed E-state index contributed by atoms with van der Waals surface area (Å²) in [7, 11) is 1.68. The Morgan fingerprint density at radius 1 is 1.14 bits per heavy atom. The van der Waals surface area contributed by atoms with Crippen molar-refractivity contribution in [3.63, 3.8) is 0 Å². The molecule has 0 aliphatic rings. The zero-order chi connectivity index (χ0) is 15.8. The maximum absolute atomic E-state index is 11.9. The van der Waals surface area contributed by atoms with E-state index in [1.807, 2.05) is 12.1 Å². The monoisotopic (exact) mass is 299 g/mol. The highest BCUT2D eigenvalue weighted by Crippen LogP contribution is 2.15. The van der Waals surface area contributed by atoms with Gasteiger partial charge in [-0.3, -0.25) is 4.79 Å². The third kappa shape index (κ3) is 4.55. The summed E-state index contributed by atoms with van der Waals surface area (Å²) < 4.78 is 0. The molecule has 4 heteroatoms. The average molecular weight is 299 g/mol. The lowest BCUT2D eigenvalue weighted by Crippen LogP contribution is -2.42. The number of carbonyl (C=O) groups excluding carboxylic acids is 1. The van der Waals surface area contributed by atoms with E-state index >= 15 is 0 Å². The number of benzene rings is 2. The molecule has 4 N–H and O–H groups in total. The molecule has 118 valence electrons. The lowest BCUT2D eigenvalue weighted by atomic mass is 10.1. The molecule has 2 aromatic carbocycles. The zero-order valence-corrected chi connectivity index (χ0v) is 13.1. The van der Waals surface area contributed by atoms with Crippen LogP contribution in [0.25, 0.3) is 10.8 Å². The number of amides is 1. The topological polar surface area (TPSA) is 67.2 Å². The number of rotatable bonds is 8. The molecule has 0 aliphatic carbocycles. The van der Waals surface area contributed by atoms with Gasteiger partial charge in [0, 0.05) is 13.6 Å². The number of hydrogen-bond acceptors (Lipinski definition) is 3. The van der Waals surface area contributed by atoms with E-state index in [9.17, 15) is 4.79 Å². The van der Waals surface area contributed by atoms with E-state index < -0.39 is 0 Å². The van der Waals surface area contributed by atoms with Crippen molar-refractivity contribution in [3.8, 4) is 0 Å². The predicted molar refractivity (Wildman–Crippen MR) is 91.5 cm³/mol. The Hall–Kier alpha value is -1.91. The second kappa shape index (κ2) is 8.51. The van der Waals surface area contributed by atoms with E-state index in [0.717, 1.165) is 19.3 Å². The van der Waals surface area contributed by atoms with Gasteiger partial charge in [-0.05, 0) is 41.8 Å². The highest BCUT2D eigenvalue weighted by molar-refractivity contribution is 5.83. The molecule has 0 radical (unpaired) electrons. The Morgan fingerprint density at radius 2 is 1.91 bits per heavy atom. The minimum absolute atomic E-state index is 0.0396. The van der Waals surface area contributed by atoms with Gasteiger partial charge >= 0.3 is 0 Å². The Kier molecular flexibility index (Phi) is 6.37. The van der Waals surface area contributed by atoms with E-state index in [1.54, 1.807) is 7.05 Å². The summed E-state index contributed by atoms with van der Waals surface area (Å²) in [6.45, 7) is 1.36. The van der Waals surface area contributed by atoms with Gasteiger partial charge in [0.05, 0.1) is 6.04 Å². The summed E-state index contributed by atoms with van der Waals surface area (Å²) in [5.74, 6) is 0.0396. The van der Waals surface area contributed by atoms with Crippen LogP contribution < -0.4 is 16.4 Å². The van der Waals surface area contributed by atoms with Crippen LogP contribution in [0.3, 0.4) is 0 Å². The van der Waals surface area contributed by atoms with Gasteiger partial charge in [0.2, 0.25) is 5.91 Å². The molecule has 0 saturated heterocycles. The number of unbranched alkanes of at least 4 members (excludes halogenated alkanes) is 1. The zero-order valence-electron chi connectivity index (χ0n) is 13.1. The predicted octanol–water partition coefficient (Wildman–Crippen LogP) is 2.17. The van der Waals surface area contributed by atoms with Crippen molar-refractivity contribution in [3.05, 3.63) is 48.0 Å². The van der Waals surface area contributed by atoms with Gasteiger partial charge in [0.1, 0.15) is 0 Å². The van der Waals surface area contributed by atoms with Gasteiger partial charge in [-0.15, -0.1) is 0 Å². The Labute approximate surface area is 132 Å². The van der Waals surface area contributed by atoms with Gasteiger partial charge < -0.3 is 16.4 Å². The maximum atomic E-state index is 11.9. The quantitative estimate of drug-likeness (QED) is 0.654. The Morgan fingerprint density at radius 3 is 2.64 bits per heavy atom. The van der Waals surface area contributed by atoms with Gasteiger partial charge in [-0.1, -0.05) is 42.8 Å². The van der Waals surface area contributed by atoms with Crippen molar-refractivity contribution in [2.24, 2.45) is 5.73 Å². The van der Waals surface area contributed by atoms with Gasteiger partial charge in [0.15, 0.2) is 0 Å². The number of carbonyl (C=O) groups is 1. The molecular weight excluding hydrogens is 274 g/mol. The van der Waals surface area contributed by atoms with Crippen LogP contribution in [-0.2, 0) is 11.3 Å². The summed E-state index contributed by atoms with van der Waals surface area (Å²) in [6.07, 6.45) is 2.72. The van der Waals surface area contributed by atoms with Gasteiger partial charge in [0.25, 0.3) is 0 Å². The standard InChI is InChI=1S/C18H25N3O/c1-20-18(22)17(8-4-5-11-19)21-13-14-9-10-15-6-2-3-7-16(15)12-14/h2-3,6-7,9-10,12,17,21H,4-5,8,11,13,19H2,1H3,(H,20,22). The fourth-order valence-corrected chi connectivity index (χ4v) is 2.58. The smallest absolute Gasteiger partial charge is 0.236 e. The first kappa shape index (κ1) is 16.5. The minimum Gasteiger partial charge on any atom is -0.358 e. The summed E-state index contributed by atoms with van der Waals surface area (Å²) in [5.41, 5.74) is 6.71. The average Bonchev–Trinajstić information content (AvgIpc) is 2.57. The Bertz CT molecular complexity index is 612. The number of nitrogens with two attached hydrogens (primary N) is 1. The molecule has 22 heavy (non-hydrogen) atoms. The molecule has 1 atom stereocenters. The summed E-state index contributed by atoms with van der Waals surface area (Å²) in [4.78, 5) is 11.9. The molecular formula is C18H25N3O. The van der Waals surface area contributed by atoms with E-state index in [2.05, 4.69) is 41.0 Å². The van der Waals surface area contributed by atoms with E-state index in [-0.39, 0.29) is 11.9 Å². The van der Waals surface area contributed by atoms with Crippen LogP contribution >= 0.6 is 0 Å². The number of fused-ring (bicyclic) bond motifs is 1. The maximum Gasteiger partial charge on any atom is 0.236 e. The summed E-state index contributed by atoms with van der Waals surface area (Å²) in [5, 5.41) is 8.54. The number of nitrogens with one attached hydrogen (secondary N) is 2. The lowest BCUT2D eigenvalue weighted by molar-refractivity contribution is -0.122. The first-order valence-electron chi connectivity index (χ1n) is 7.87. The van der Waals surface area contributed by atoms with E-state index in [0.29, 0.717) is 13.1 Å². The fourth-order valence-electron chi connectivity index (χ4n) is 2.58. The minimum atomic E-state index is -0.164. The molecule has 0 spiro atoms. The first-order valence-corrected chi connectivity index (χ1v) is 7.87. The van der Waals surface area contributed by atoms with Gasteiger partial charge in [-0.25, -0.2) is 0 Å². The number of hydrogen-bond donors (Lipinski definition) is 3. The van der Waals surface area contributed by atoms with Crippen LogP contribution in [0.1, 0.15) is 24.8 Å². The molecule has 0 aliphatic heterocycles. The lowest BCUT2D eigenvalue weighted by Gasteiger charge is -2.17. The third-order valence-corrected chi connectivity index (χ3v) is 3.88. The first-order chi connectivity index (χ1) is 10.7. The number of likely N-dealkylation sites (N-methyl/N-ethyl adjacent to an activating group) is 1. The molecule has 0 fully saturated rings. The van der Waals surface area contributed by atoms with E-state index in [1.165, 1.54) is 16.3 Å². The SMILES string of the molecule is CNC(=O)C(CCCCN)NCc1ccc2ccccc2c1. The van der Waals surface area contributed by atoms with Crippen molar-refractivity contribution in [1.82, 2.24) is 10.6 Å². The van der Waals surface area contributed by atoms with Crippen LogP contribution in [0.15, 0.2) is 42.5 Å². The van der Waals surface area contributed by atoms with Crippen LogP contribution in [0.5, 0.6) is 0 Å². The van der Waals surface area contributed by atoms with Crippen LogP contribution in [0, 0.1) is 0 Å². The highest BCUT2D eigenvalue weighted by Gasteiger charge is 2.15. The molecule has 0 aromatic heterocycles. The van der Waals surface area contributed by atoms with Crippen LogP contribution in [-0.4, -0.2) is 25.5 Å². The van der Waals surface area contributed by atoms with Crippen molar-refractivity contribution < 1.29 is 4.79 Å². The molecule has 4 nitrogen and oxygen atoms in total. The molecule has 1 amide bonds. The Balaban J connectivity index is 1.98. The largest absolute Gasteiger partial charge is 0.358 e. The van der Waals surface area contributed by atoms with Crippen LogP contribution in [0.4, 0.5) is 0 Å². The highest BCUT2D eigenvalue weighted by atomic mass is 16.2. The molecule has 0 saturated carbocycles. The molecule has 1 unspecified atom stereocenters. The third-order valence-electron chi connectivity index (χ3n) is 3.88. The molecule has 2 rings (SSSR count). The summed E-state index contributed by atoms with van der Waals surface area (Å²) >= 11 is 0. The van der Waals surface area contributed by atoms with Crippen molar-refractivity contribution in [2.75, 3.05) is 13.6 Å².